The van der Waals surface area contributed by atoms with E-state index in [0.717, 1.165) is 6.54 Å². The normalized spacial score (nSPS) is 10.6. The molecular formula is C10H12FN5. The minimum atomic E-state index is -0.367. The van der Waals surface area contributed by atoms with E-state index in [1.807, 2.05) is 6.92 Å². The lowest BCUT2D eigenvalue weighted by atomic mass is 10.2. The number of rotatable bonds is 4. The van der Waals surface area contributed by atoms with Crippen molar-refractivity contribution in [2.24, 2.45) is 0 Å². The Hall–Kier alpha value is -1.82. The first-order chi connectivity index (χ1) is 7.83. The van der Waals surface area contributed by atoms with Crippen molar-refractivity contribution in [1.29, 1.82) is 0 Å². The van der Waals surface area contributed by atoms with Crippen molar-refractivity contribution in [3.8, 4) is 5.82 Å². The number of pyridine rings is 1. The third kappa shape index (κ3) is 2.06. The molecule has 0 aliphatic carbocycles. The first-order valence-corrected chi connectivity index (χ1v) is 5.02. The maximum absolute atomic E-state index is 14.0. The van der Waals surface area contributed by atoms with Crippen LogP contribution in [0.1, 0.15) is 12.5 Å². The second-order valence-electron chi connectivity index (χ2n) is 3.23. The van der Waals surface area contributed by atoms with E-state index in [2.05, 4.69) is 20.4 Å². The van der Waals surface area contributed by atoms with Crippen LogP contribution in [0.2, 0.25) is 0 Å². The van der Waals surface area contributed by atoms with Crippen LogP contribution < -0.4 is 5.32 Å². The third-order valence-electron chi connectivity index (χ3n) is 2.15. The molecule has 5 nitrogen and oxygen atoms in total. The number of hydrogen-bond acceptors (Lipinski definition) is 4. The van der Waals surface area contributed by atoms with E-state index in [0.29, 0.717) is 12.1 Å². The molecule has 0 spiro atoms. The smallest absolute Gasteiger partial charge is 0.191 e. The molecule has 0 fully saturated rings. The van der Waals surface area contributed by atoms with Gasteiger partial charge in [0.2, 0.25) is 0 Å². The number of aromatic nitrogens is 4. The van der Waals surface area contributed by atoms with Crippen LogP contribution in [-0.2, 0) is 6.54 Å². The summed E-state index contributed by atoms with van der Waals surface area (Å²) < 4.78 is 15.3. The maximum atomic E-state index is 14.0. The first kappa shape index (κ1) is 10.7. The van der Waals surface area contributed by atoms with Gasteiger partial charge in [0, 0.05) is 18.3 Å². The van der Waals surface area contributed by atoms with Crippen molar-refractivity contribution in [3.63, 3.8) is 0 Å². The minimum absolute atomic E-state index is 0.174. The molecule has 6 heteroatoms. The molecule has 2 rings (SSSR count). The monoisotopic (exact) mass is 221 g/mol. The van der Waals surface area contributed by atoms with Gasteiger partial charge in [-0.05, 0) is 12.6 Å². The third-order valence-corrected chi connectivity index (χ3v) is 2.15. The van der Waals surface area contributed by atoms with E-state index in [4.69, 9.17) is 0 Å². The van der Waals surface area contributed by atoms with Crippen LogP contribution in [0, 0.1) is 5.82 Å². The molecule has 0 atom stereocenters. The molecule has 0 saturated carbocycles. The Morgan fingerprint density at radius 3 is 3.06 bits per heavy atom. The standard InChI is InChI=1S/C10H12FN5/c1-2-12-5-8-3-4-14-10(9(8)11)16-7-13-6-15-16/h3-4,6-7,12H,2,5H2,1H3. The zero-order valence-corrected chi connectivity index (χ0v) is 8.89. The molecule has 16 heavy (non-hydrogen) atoms. The summed E-state index contributed by atoms with van der Waals surface area (Å²) in [6.45, 7) is 3.24. The molecule has 2 heterocycles. The van der Waals surface area contributed by atoms with Gasteiger partial charge in [0.1, 0.15) is 12.7 Å². The van der Waals surface area contributed by atoms with Crippen molar-refractivity contribution in [2.45, 2.75) is 13.5 Å². The summed E-state index contributed by atoms with van der Waals surface area (Å²) in [6, 6.07) is 1.65. The highest BCUT2D eigenvalue weighted by molar-refractivity contribution is 5.29. The fourth-order valence-corrected chi connectivity index (χ4v) is 1.34. The van der Waals surface area contributed by atoms with Gasteiger partial charge < -0.3 is 5.32 Å². The average Bonchev–Trinajstić information content (AvgIpc) is 2.81. The molecule has 2 aromatic rings. The topological polar surface area (TPSA) is 55.6 Å². The highest BCUT2D eigenvalue weighted by atomic mass is 19.1. The van der Waals surface area contributed by atoms with Gasteiger partial charge in [-0.3, -0.25) is 0 Å². The fourth-order valence-electron chi connectivity index (χ4n) is 1.34. The quantitative estimate of drug-likeness (QED) is 0.833. The van der Waals surface area contributed by atoms with E-state index in [9.17, 15) is 4.39 Å². The summed E-state index contributed by atoms with van der Waals surface area (Å²) >= 11 is 0. The van der Waals surface area contributed by atoms with Gasteiger partial charge in [-0.15, -0.1) is 0 Å². The molecule has 0 saturated heterocycles. The van der Waals surface area contributed by atoms with E-state index in [1.54, 1.807) is 12.3 Å². The van der Waals surface area contributed by atoms with Crippen LogP contribution in [0.3, 0.4) is 0 Å². The van der Waals surface area contributed by atoms with Crippen LogP contribution in [0.15, 0.2) is 24.9 Å². The molecule has 0 aliphatic rings. The number of hydrogen-bond donors (Lipinski definition) is 1. The van der Waals surface area contributed by atoms with Crippen LogP contribution in [0.4, 0.5) is 4.39 Å². The Labute approximate surface area is 92.3 Å². The van der Waals surface area contributed by atoms with Crippen molar-refractivity contribution >= 4 is 0 Å². The number of nitrogens with zero attached hydrogens (tertiary/aromatic N) is 4. The molecule has 1 N–H and O–H groups in total. The Morgan fingerprint density at radius 2 is 2.38 bits per heavy atom. The SMILES string of the molecule is CCNCc1ccnc(-n2cncn2)c1F. The Balaban J connectivity index is 2.33. The maximum Gasteiger partial charge on any atom is 0.191 e. The average molecular weight is 221 g/mol. The summed E-state index contributed by atoms with van der Waals surface area (Å²) in [6.07, 6.45) is 4.33. The van der Waals surface area contributed by atoms with Crippen LogP contribution in [0.25, 0.3) is 5.82 Å². The van der Waals surface area contributed by atoms with Crippen LogP contribution >= 0.6 is 0 Å². The van der Waals surface area contributed by atoms with Gasteiger partial charge in [0.25, 0.3) is 0 Å². The van der Waals surface area contributed by atoms with E-state index in [1.165, 1.54) is 17.3 Å². The Kier molecular flexibility index (Phi) is 3.21. The summed E-state index contributed by atoms with van der Waals surface area (Å²) in [7, 11) is 0. The Morgan fingerprint density at radius 1 is 1.50 bits per heavy atom. The predicted octanol–water partition coefficient (Wildman–Crippen LogP) is 0.911. The van der Waals surface area contributed by atoms with Gasteiger partial charge in [0.15, 0.2) is 11.6 Å². The first-order valence-electron chi connectivity index (χ1n) is 5.02. The van der Waals surface area contributed by atoms with Crippen LogP contribution in [-0.4, -0.2) is 26.3 Å². The fraction of sp³-hybridized carbons (Fsp3) is 0.300. The van der Waals surface area contributed by atoms with E-state index in [-0.39, 0.29) is 11.6 Å². The summed E-state index contributed by atoms with van der Waals surface area (Å²) in [5.41, 5.74) is 0.572. The summed E-state index contributed by atoms with van der Waals surface area (Å²) in [5.74, 6) is -0.193. The van der Waals surface area contributed by atoms with Gasteiger partial charge in [-0.2, -0.15) is 9.78 Å². The highest BCUT2D eigenvalue weighted by Gasteiger charge is 2.10. The lowest BCUT2D eigenvalue weighted by Crippen LogP contribution is -2.14. The zero-order valence-electron chi connectivity index (χ0n) is 8.89. The second kappa shape index (κ2) is 4.80. The predicted molar refractivity (Wildman–Crippen MR) is 56.5 cm³/mol. The van der Waals surface area contributed by atoms with Crippen molar-refractivity contribution in [1.82, 2.24) is 25.1 Å². The molecule has 2 aromatic heterocycles. The van der Waals surface area contributed by atoms with Gasteiger partial charge in [-0.25, -0.2) is 14.4 Å². The van der Waals surface area contributed by atoms with Crippen molar-refractivity contribution in [3.05, 3.63) is 36.3 Å². The molecule has 0 aromatic carbocycles. The minimum Gasteiger partial charge on any atom is -0.313 e. The Bertz CT molecular complexity index is 454. The van der Waals surface area contributed by atoms with Crippen molar-refractivity contribution < 1.29 is 4.39 Å². The van der Waals surface area contributed by atoms with E-state index < -0.39 is 0 Å². The molecule has 0 radical (unpaired) electrons. The molecule has 0 unspecified atom stereocenters. The molecule has 0 bridgehead atoms. The molecular weight excluding hydrogens is 209 g/mol. The highest BCUT2D eigenvalue weighted by Crippen LogP contribution is 2.12. The largest absolute Gasteiger partial charge is 0.313 e. The molecule has 84 valence electrons. The zero-order chi connectivity index (χ0) is 11.4. The van der Waals surface area contributed by atoms with Crippen LogP contribution in [0.5, 0.6) is 0 Å². The van der Waals surface area contributed by atoms with Gasteiger partial charge in [-0.1, -0.05) is 6.92 Å². The molecule has 0 amide bonds. The van der Waals surface area contributed by atoms with Gasteiger partial charge >= 0.3 is 0 Å². The summed E-state index contributed by atoms with van der Waals surface area (Å²) in [5, 5.41) is 6.92. The number of nitrogens with one attached hydrogen (secondary N) is 1. The number of halogens is 1. The second-order valence-corrected chi connectivity index (χ2v) is 3.23. The lowest BCUT2D eigenvalue weighted by Gasteiger charge is -2.06. The molecule has 0 aliphatic heterocycles. The van der Waals surface area contributed by atoms with Gasteiger partial charge in [0.05, 0.1) is 0 Å². The lowest BCUT2D eigenvalue weighted by molar-refractivity contribution is 0.571. The summed E-state index contributed by atoms with van der Waals surface area (Å²) in [4.78, 5) is 7.71. The van der Waals surface area contributed by atoms with E-state index >= 15 is 0 Å². The van der Waals surface area contributed by atoms with Crippen molar-refractivity contribution in [2.75, 3.05) is 6.54 Å².